The smallest absolute Gasteiger partial charge is 0.345 e. The number of carboxylic acid groups (broad SMARTS) is 1. The van der Waals surface area contributed by atoms with Gasteiger partial charge in [0.15, 0.2) is 0 Å². The molecule has 0 saturated carbocycles. The molecule has 0 spiro atoms. The maximum Gasteiger partial charge on any atom is 0.345 e. The van der Waals surface area contributed by atoms with Crippen LogP contribution in [0.25, 0.3) is 0 Å². The molecule has 0 bridgehead atoms. The fourth-order valence-corrected chi connectivity index (χ4v) is 2.64. The number of anilines is 1. The maximum absolute atomic E-state index is 11.2. The Kier molecular flexibility index (Phi) is 3.33. The van der Waals surface area contributed by atoms with Gasteiger partial charge < -0.3 is 14.9 Å². The van der Waals surface area contributed by atoms with Crippen molar-refractivity contribution in [3.63, 3.8) is 0 Å². The average Bonchev–Trinajstić information content (AvgIpc) is 2.78. The number of hydrogen-bond donors (Lipinski definition) is 1. The lowest BCUT2D eigenvalue weighted by Gasteiger charge is -2.35. The molecule has 2 rings (SSSR count). The first-order chi connectivity index (χ1) is 8.08. The van der Waals surface area contributed by atoms with Gasteiger partial charge in [-0.3, -0.25) is 4.79 Å². The number of piperazine rings is 1. The fourth-order valence-electron chi connectivity index (χ4n) is 1.88. The number of carbonyl (C=O) groups excluding carboxylic acids is 1. The van der Waals surface area contributed by atoms with E-state index in [2.05, 4.69) is 4.90 Å². The van der Waals surface area contributed by atoms with E-state index < -0.39 is 5.97 Å². The molecule has 1 aromatic rings. The summed E-state index contributed by atoms with van der Waals surface area (Å²) in [5, 5.41) is 10.7. The van der Waals surface area contributed by atoms with Gasteiger partial charge in [0.25, 0.3) is 0 Å². The second kappa shape index (κ2) is 4.75. The van der Waals surface area contributed by atoms with Gasteiger partial charge >= 0.3 is 5.97 Å². The minimum atomic E-state index is -0.886. The highest BCUT2D eigenvalue weighted by Gasteiger charge is 2.20. The monoisotopic (exact) mass is 254 g/mol. The van der Waals surface area contributed by atoms with Crippen molar-refractivity contribution in [3.05, 3.63) is 16.3 Å². The maximum atomic E-state index is 11.2. The zero-order valence-corrected chi connectivity index (χ0v) is 10.4. The Morgan fingerprint density at radius 2 is 1.94 bits per heavy atom. The highest BCUT2D eigenvalue weighted by molar-refractivity contribution is 7.12. The van der Waals surface area contributed by atoms with E-state index in [9.17, 15) is 9.59 Å². The summed E-state index contributed by atoms with van der Waals surface area (Å²) in [6.07, 6.45) is 0. The van der Waals surface area contributed by atoms with Crippen LogP contribution in [0, 0.1) is 0 Å². The number of thiophene rings is 1. The Morgan fingerprint density at radius 1 is 1.29 bits per heavy atom. The van der Waals surface area contributed by atoms with Gasteiger partial charge in [0.05, 0.1) is 0 Å². The van der Waals surface area contributed by atoms with Crippen molar-refractivity contribution in [2.24, 2.45) is 0 Å². The van der Waals surface area contributed by atoms with Crippen LogP contribution >= 0.6 is 11.3 Å². The largest absolute Gasteiger partial charge is 0.477 e. The first-order valence-corrected chi connectivity index (χ1v) is 6.28. The molecule has 1 fully saturated rings. The average molecular weight is 254 g/mol. The van der Waals surface area contributed by atoms with Gasteiger partial charge in [0.1, 0.15) is 4.88 Å². The summed E-state index contributed by atoms with van der Waals surface area (Å²) in [5.41, 5.74) is 0.940. The molecule has 92 valence electrons. The molecule has 0 unspecified atom stereocenters. The summed E-state index contributed by atoms with van der Waals surface area (Å²) in [6, 6.07) is 1.69. The van der Waals surface area contributed by atoms with Gasteiger partial charge in [-0.2, -0.15) is 0 Å². The van der Waals surface area contributed by atoms with Crippen LogP contribution in [0.15, 0.2) is 11.4 Å². The predicted molar refractivity (Wildman–Crippen MR) is 65.7 cm³/mol. The first kappa shape index (κ1) is 11.9. The van der Waals surface area contributed by atoms with E-state index >= 15 is 0 Å². The van der Waals surface area contributed by atoms with Crippen molar-refractivity contribution in [2.45, 2.75) is 6.92 Å². The molecule has 1 aliphatic rings. The van der Waals surface area contributed by atoms with E-state index in [1.807, 2.05) is 5.38 Å². The highest BCUT2D eigenvalue weighted by atomic mass is 32.1. The topological polar surface area (TPSA) is 60.9 Å². The highest BCUT2D eigenvalue weighted by Crippen LogP contribution is 2.24. The van der Waals surface area contributed by atoms with E-state index in [1.54, 1.807) is 17.9 Å². The first-order valence-electron chi connectivity index (χ1n) is 5.40. The molecule has 0 aliphatic carbocycles. The number of carboxylic acids is 1. The lowest BCUT2D eigenvalue weighted by atomic mass is 10.3. The summed E-state index contributed by atoms with van der Waals surface area (Å²) in [7, 11) is 0. The lowest BCUT2D eigenvalue weighted by Crippen LogP contribution is -2.48. The van der Waals surface area contributed by atoms with Gasteiger partial charge in [0.2, 0.25) is 5.91 Å². The van der Waals surface area contributed by atoms with Gasteiger partial charge in [-0.25, -0.2) is 4.79 Å². The van der Waals surface area contributed by atoms with Gasteiger partial charge in [-0.15, -0.1) is 11.3 Å². The van der Waals surface area contributed by atoms with Crippen LogP contribution in [0.2, 0.25) is 0 Å². The molecule has 1 saturated heterocycles. The Labute approximate surface area is 103 Å². The second-order valence-corrected chi connectivity index (χ2v) is 4.88. The Morgan fingerprint density at radius 3 is 2.41 bits per heavy atom. The molecular formula is C11H14N2O3S. The third kappa shape index (κ3) is 2.58. The molecule has 0 radical (unpaired) electrons. The number of aromatic carboxylic acids is 1. The van der Waals surface area contributed by atoms with Crippen molar-refractivity contribution in [1.82, 2.24) is 4.90 Å². The van der Waals surface area contributed by atoms with E-state index in [0.29, 0.717) is 18.0 Å². The summed E-state index contributed by atoms with van der Waals surface area (Å²) in [6.45, 7) is 4.49. The van der Waals surface area contributed by atoms with Crippen molar-refractivity contribution in [1.29, 1.82) is 0 Å². The Hall–Kier alpha value is -1.56. The molecule has 1 N–H and O–H groups in total. The minimum absolute atomic E-state index is 0.0983. The number of hydrogen-bond acceptors (Lipinski definition) is 4. The van der Waals surface area contributed by atoms with Crippen LogP contribution in [0.4, 0.5) is 5.69 Å². The van der Waals surface area contributed by atoms with Crippen LogP contribution in [0.5, 0.6) is 0 Å². The molecule has 1 aromatic heterocycles. The number of nitrogens with zero attached hydrogens (tertiary/aromatic N) is 2. The van der Waals surface area contributed by atoms with Crippen LogP contribution in [-0.2, 0) is 4.79 Å². The molecule has 1 amide bonds. The lowest BCUT2D eigenvalue weighted by molar-refractivity contribution is -0.129. The quantitative estimate of drug-likeness (QED) is 0.859. The van der Waals surface area contributed by atoms with Crippen LogP contribution in [-0.4, -0.2) is 48.1 Å². The molecule has 5 nitrogen and oxygen atoms in total. The standard InChI is InChI=1S/C11H14N2O3S/c1-8(14)12-2-4-13(5-3-12)9-6-10(11(15)16)17-7-9/h6-7H,2-5H2,1H3,(H,15,16). The van der Waals surface area contributed by atoms with E-state index in [4.69, 9.17) is 5.11 Å². The molecule has 0 atom stereocenters. The van der Waals surface area contributed by atoms with Crippen LogP contribution in [0.1, 0.15) is 16.6 Å². The Bertz CT molecular complexity index is 436. The van der Waals surface area contributed by atoms with Gasteiger partial charge in [-0.1, -0.05) is 0 Å². The van der Waals surface area contributed by atoms with E-state index in [1.165, 1.54) is 11.3 Å². The predicted octanol–water partition coefficient (Wildman–Crippen LogP) is 1.11. The van der Waals surface area contributed by atoms with Gasteiger partial charge in [-0.05, 0) is 6.07 Å². The molecule has 6 heteroatoms. The van der Waals surface area contributed by atoms with Crippen LogP contribution < -0.4 is 4.90 Å². The van der Waals surface area contributed by atoms with E-state index in [0.717, 1.165) is 18.8 Å². The zero-order chi connectivity index (χ0) is 12.4. The number of carbonyl (C=O) groups is 2. The Balaban J connectivity index is 2.00. The second-order valence-electron chi connectivity index (χ2n) is 3.97. The molecule has 2 heterocycles. The fraction of sp³-hybridized carbons (Fsp3) is 0.455. The van der Waals surface area contributed by atoms with Crippen molar-refractivity contribution in [3.8, 4) is 0 Å². The number of amides is 1. The SMILES string of the molecule is CC(=O)N1CCN(c2csc(C(=O)O)c2)CC1. The molecule has 17 heavy (non-hydrogen) atoms. The van der Waals surface area contributed by atoms with Crippen molar-refractivity contribution < 1.29 is 14.7 Å². The molecule has 1 aliphatic heterocycles. The third-order valence-electron chi connectivity index (χ3n) is 2.89. The van der Waals surface area contributed by atoms with Gasteiger partial charge in [0, 0.05) is 44.2 Å². The van der Waals surface area contributed by atoms with Crippen LogP contribution in [0.3, 0.4) is 0 Å². The summed E-state index contributed by atoms with van der Waals surface area (Å²) >= 11 is 1.24. The normalized spacial score (nSPS) is 16.1. The van der Waals surface area contributed by atoms with Crippen molar-refractivity contribution >= 4 is 28.9 Å². The summed E-state index contributed by atoms with van der Waals surface area (Å²) in [5.74, 6) is -0.787. The summed E-state index contributed by atoms with van der Waals surface area (Å²) < 4.78 is 0. The minimum Gasteiger partial charge on any atom is -0.477 e. The zero-order valence-electron chi connectivity index (χ0n) is 9.55. The number of rotatable bonds is 2. The van der Waals surface area contributed by atoms with Crippen molar-refractivity contribution in [2.75, 3.05) is 31.1 Å². The van der Waals surface area contributed by atoms with E-state index in [-0.39, 0.29) is 5.91 Å². The third-order valence-corrected chi connectivity index (χ3v) is 3.79. The molecule has 0 aromatic carbocycles. The summed E-state index contributed by atoms with van der Waals surface area (Å²) in [4.78, 5) is 26.2. The molecular weight excluding hydrogens is 240 g/mol.